The van der Waals surface area contributed by atoms with Crippen LogP contribution in [-0.2, 0) is 0 Å². The molecule has 3 nitrogen and oxygen atoms in total. The lowest BCUT2D eigenvalue weighted by Gasteiger charge is -2.19. The molecule has 0 saturated heterocycles. The van der Waals surface area contributed by atoms with Crippen molar-refractivity contribution in [1.82, 2.24) is 0 Å². The van der Waals surface area contributed by atoms with Gasteiger partial charge in [-0.05, 0) is 37.0 Å². The van der Waals surface area contributed by atoms with Gasteiger partial charge < -0.3 is 15.6 Å². The predicted molar refractivity (Wildman–Crippen MR) is 65.7 cm³/mol. The number of benzene rings is 1. The molecule has 0 radical (unpaired) electrons. The summed E-state index contributed by atoms with van der Waals surface area (Å²) in [5.74, 6) is 1.12. The monoisotopic (exact) mass is 223 g/mol. The number of hydrogen-bond donors (Lipinski definition) is 2. The number of aliphatic hydroxyl groups is 1. The molecular weight excluding hydrogens is 202 g/mol. The van der Waals surface area contributed by atoms with Crippen LogP contribution in [0.1, 0.15) is 31.7 Å². The van der Waals surface area contributed by atoms with Gasteiger partial charge in [-0.1, -0.05) is 19.1 Å². The first kappa shape index (κ1) is 13.0. The summed E-state index contributed by atoms with van der Waals surface area (Å²) in [6.07, 6.45) is 0.214. The fraction of sp³-hybridized carbons (Fsp3) is 0.538. The fourth-order valence-electron chi connectivity index (χ4n) is 1.66. The number of hydrogen-bond acceptors (Lipinski definition) is 3. The number of ether oxygens (including phenoxy) is 1. The van der Waals surface area contributed by atoms with E-state index in [0.29, 0.717) is 6.42 Å². The minimum Gasteiger partial charge on any atom is -0.497 e. The van der Waals surface area contributed by atoms with Crippen molar-refractivity contribution in [2.24, 2.45) is 5.73 Å². The summed E-state index contributed by atoms with van der Waals surface area (Å²) in [4.78, 5) is 0. The molecule has 3 unspecified atom stereocenters. The molecule has 1 rings (SSSR count). The Morgan fingerprint density at radius 2 is 2.06 bits per heavy atom. The van der Waals surface area contributed by atoms with Crippen LogP contribution >= 0.6 is 0 Å². The van der Waals surface area contributed by atoms with Crippen LogP contribution in [0, 0.1) is 0 Å². The molecular formula is C13H21NO2. The summed E-state index contributed by atoms with van der Waals surface area (Å²) in [7, 11) is 1.65. The Balaban J connectivity index is 2.68. The van der Waals surface area contributed by atoms with Gasteiger partial charge in [0.2, 0.25) is 0 Å². The lowest BCUT2D eigenvalue weighted by molar-refractivity contribution is 0.134. The first-order chi connectivity index (χ1) is 7.54. The maximum Gasteiger partial charge on any atom is 0.119 e. The van der Waals surface area contributed by atoms with Crippen molar-refractivity contribution < 1.29 is 9.84 Å². The lowest BCUT2D eigenvalue weighted by Crippen LogP contribution is -2.32. The Morgan fingerprint density at radius 1 is 1.38 bits per heavy atom. The van der Waals surface area contributed by atoms with Crippen LogP contribution in [0.15, 0.2) is 24.3 Å². The second kappa shape index (κ2) is 5.87. The van der Waals surface area contributed by atoms with Crippen molar-refractivity contribution in [1.29, 1.82) is 0 Å². The predicted octanol–water partition coefficient (Wildman–Crippen LogP) is 1.90. The van der Waals surface area contributed by atoms with Gasteiger partial charge in [0.1, 0.15) is 5.75 Å². The van der Waals surface area contributed by atoms with Gasteiger partial charge in [-0.25, -0.2) is 0 Å². The minimum atomic E-state index is -0.457. The molecule has 1 aromatic rings. The summed E-state index contributed by atoms with van der Waals surface area (Å²) < 4.78 is 5.17. The van der Waals surface area contributed by atoms with Gasteiger partial charge in [-0.15, -0.1) is 0 Å². The quantitative estimate of drug-likeness (QED) is 0.801. The zero-order valence-electron chi connectivity index (χ0n) is 10.2. The van der Waals surface area contributed by atoms with Crippen molar-refractivity contribution in [2.45, 2.75) is 38.3 Å². The minimum absolute atomic E-state index is 0.187. The summed E-state index contributed by atoms with van der Waals surface area (Å²) in [5, 5.41) is 9.73. The van der Waals surface area contributed by atoms with Crippen molar-refractivity contribution in [3.8, 4) is 5.75 Å². The van der Waals surface area contributed by atoms with Crippen molar-refractivity contribution in [3.63, 3.8) is 0 Å². The molecule has 0 aromatic heterocycles. The van der Waals surface area contributed by atoms with Gasteiger partial charge in [0.05, 0.1) is 13.2 Å². The zero-order chi connectivity index (χ0) is 12.1. The van der Waals surface area contributed by atoms with Crippen LogP contribution in [0.3, 0.4) is 0 Å². The van der Waals surface area contributed by atoms with Gasteiger partial charge in [0.15, 0.2) is 0 Å². The molecule has 0 aliphatic carbocycles. The first-order valence-electron chi connectivity index (χ1n) is 5.62. The van der Waals surface area contributed by atoms with E-state index < -0.39 is 6.10 Å². The van der Waals surface area contributed by atoms with E-state index in [1.165, 1.54) is 5.56 Å². The van der Waals surface area contributed by atoms with Crippen LogP contribution in [0.5, 0.6) is 5.75 Å². The molecule has 0 amide bonds. The average molecular weight is 223 g/mol. The van der Waals surface area contributed by atoms with Crippen LogP contribution in [0.4, 0.5) is 0 Å². The smallest absolute Gasteiger partial charge is 0.119 e. The van der Waals surface area contributed by atoms with E-state index in [1.807, 2.05) is 31.2 Å². The van der Waals surface area contributed by atoms with E-state index in [-0.39, 0.29) is 12.0 Å². The van der Waals surface area contributed by atoms with Gasteiger partial charge >= 0.3 is 0 Å². The Kier molecular flexibility index (Phi) is 4.77. The fourth-order valence-corrected chi connectivity index (χ4v) is 1.66. The molecule has 0 saturated carbocycles. The molecule has 3 atom stereocenters. The van der Waals surface area contributed by atoms with E-state index in [2.05, 4.69) is 6.92 Å². The number of methoxy groups -OCH3 is 1. The summed E-state index contributed by atoms with van der Waals surface area (Å²) in [5.41, 5.74) is 6.81. The van der Waals surface area contributed by atoms with Gasteiger partial charge in [0, 0.05) is 6.04 Å². The number of aliphatic hydroxyl groups excluding tert-OH is 1. The molecule has 3 N–H and O–H groups in total. The number of rotatable bonds is 5. The molecule has 0 aliphatic heterocycles. The molecule has 0 bridgehead atoms. The third kappa shape index (κ3) is 3.51. The highest BCUT2D eigenvalue weighted by Gasteiger charge is 2.15. The zero-order valence-corrected chi connectivity index (χ0v) is 10.2. The maximum atomic E-state index is 9.73. The van der Waals surface area contributed by atoms with Crippen molar-refractivity contribution >= 4 is 0 Å². The molecule has 16 heavy (non-hydrogen) atoms. The van der Waals surface area contributed by atoms with Gasteiger partial charge in [-0.3, -0.25) is 0 Å². The third-order valence-electron chi connectivity index (χ3n) is 2.86. The molecule has 0 aliphatic rings. The van der Waals surface area contributed by atoms with Crippen LogP contribution in [-0.4, -0.2) is 24.4 Å². The topological polar surface area (TPSA) is 55.5 Å². The molecule has 0 spiro atoms. The second-order valence-corrected chi connectivity index (χ2v) is 4.34. The van der Waals surface area contributed by atoms with E-state index in [9.17, 15) is 5.11 Å². The lowest BCUT2D eigenvalue weighted by atomic mass is 9.93. The van der Waals surface area contributed by atoms with E-state index in [1.54, 1.807) is 7.11 Å². The largest absolute Gasteiger partial charge is 0.497 e. The van der Waals surface area contributed by atoms with Crippen LogP contribution < -0.4 is 10.5 Å². The number of nitrogens with two attached hydrogens (primary N) is 1. The van der Waals surface area contributed by atoms with Crippen molar-refractivity contribution in [3.05, 3.63) is 29.8 Å². The molecule has 90 valence electrons. The molecule has 0 fully saturated rings. The highest BCUT2D eigenvalue weighted by atomic mass is 16.5. The van der Waals surface area contributed by atoms with E-state index >= 15 is 0 Å². The van der Waals surface area contributed by atoms with E-state index in [0.717, 1.165) is 5.75 Å². The van der Waals surface area contributed by atoms with Crippen LogP contribution in [0.25, 0.3) is 0 Å². The maximum absolute atomic E-state index is 9.73. The third-order valence-corrected chi connectivity index (χ3v) is 2.86. The highest BCUT2D eigenvalue weighted by Crippen LogP contribution is 2.24. The molecule has 3 heteroatoms. The van der Waals surface area contributed by atoms with Gasteiger partial charge in [-0.2, -0.15) is 0 Å². The van der Waals surface area contributed by atoms with E-state index in [4.69, 9.17) is 10.5 Å². The summed E-state index contributed by atoms with van der Waals surface area (Å²) in [6, 6.07) is 7.73. The normalized spacial score (nSPS) is 16.6. The van der Waals surface area contributed by atoms with Crippen LogP contribution in [0.2, 0.25) is 0 Å². The second-order valence-electron chi connectivity index (χ2n) is 4.34. The molecule has 1 aromatic carbocycles. The van der Waals surface area contributed by atoms with Gasteiger partial charge in [0.25, 0.3) is 0 Å². The van der Waals surface area contributed by atoms with Crippen molar-refractivity contribution in [2.75, 3.05) is 7.11 Å². The Bertz CT molecular complexity index is 325. The summed E-state index contributed by atoms with van der Waals surface area (Å²) >= 11 is 0. The standard InChI is InChI=1S/C13H21NO2/c1-9(7-13(15)10(2)14)11-5-4-6-12(8-11)16-3/h4-6,8-10,13,15H,7,14H2,1-3H3. The Morgan fingerprint density at radius 3 is 2.62 bits per heavy atom. The average Bonchev–Trinajstić information content (AvgIpc) is 2.28. The first-order valence-corrected chi connectivity index (χ1v) is 5.62. The highest BCUT2D eigenvalue weighted by molar-refractivity contribution is 5.30. The SMILES string of the molecule is COc1cccc(C(C)CC(O)C(C)N)c1. The Labute approximate surface area is 97.2 Å². The molecule has 0 heterocycles. The summed E-state index contributed by atoms with van der Waals surface area (Å²) in [6.45, 7) is 3.91. The Hall–Kier alpha value is -1.06.